The fourth-order valence-electron chi connectivity index (χ4n) is 1.38. The summed E-state index contributed by atoms with van der Waals surface area (Å²) in [7, 11) is 4.12. The molecular formula is C11H12N2S. The van der Waals surface area contributed by atoms with E-state index in [2.05, 4.69) is 34.7 Å². The van der Waals surface area contributed by atoms with E-state index in [9.17, 15) is 0 Å². The smallest absolute Gasteiger partial charge is 0.0549 e. The molecule has 0 aliphatic carbocycles. The molecule has 3 heteroatoms. The summed E-state index contributed by atoms with van der Waals surface area (Å²) in [5.74, 6) is 0. The Bertz CT molecular complexity index is 406. The van der Waals surface area contributed by atoms with E-state index in [0.717, 1.165) is 0 Å². The molecule has 0 spiro atoms. The average molecular weight is 204 g/mol. The van der Waals surface area contributed by atoms with Crippen LogP contribution in [0.3, 0.4) is 0 Å². The van der Waals surface area contributed by atoms with Crippen molar-refractivity contribution in [2.24, 2.45) is 0 Å². The first-order valence-corrected chi connectivity index (χ1v) is 5.37. The number of rotatable bonds is 2. The van der Waals surface area contributed by atoms with Crippen LogP contribution in [0.1, 0.15) is 0 Å². The van der Waals surface area contributed by atoms with Crippen LogP contribution in [-0.2, 0) is 0 Å². The third-order valence-electron chi connectivity index (χ3n) is 2.11. The van der Waals surface area contributed by atoms with Crippen LogP contribution in [0, 0.1) is 0 Å². The zero-order valence-corrected chi connectivity index (χ0v) is 9.08. The minimum atomic E-state index is 1.23. The van der Waals surface area contributed by atoms with Crippen molar-refractivity contribution < 1.29 is 0 Å². The van der Waals surface area contributed by atoms with Crippen LogP contribution in [-0.4, -0.2) is 19.1 Å². The first-order chi connectivity index (χ1) is 6.79. The van der Waals surface area contributed by atoms with Gasteiger partial charge in [0, 0.05) is 42.8 Å². The number of nitrogens with zero attached hydrogens (tertiary/aromatic N) is 2. The molecule has 14 heavy (non-hydrogen) atoms. The fraction of sp³-hybridized carbons (Fsp3) is 0.182. The quantitative estimate of drug-likeness (QED) is 0.747. The maximum Gasteiger partial charge on any atom is 0.0549 e. The number of pyridine rings is 1. The van der Waals surface area contributed by atoms with Crippen molar-refractivity contribution in [1.29, 1.82) is 0 Å². The number of anilines is 1. The zero-order valence-electron chi connectivity index (χ0n) is 8.27. The Morgan fingerprint density at radius 2 is 1.86 bits per heavy atom. The molecule has 0 aromatic carbocycles. The molecular weight excluding hydrogens is 192 g/mol. The van der Waals surface area contributed by atoms with Crippen molar-refractivity contribution in [2.75, 3.05) is 19.0 Å². The Morgan fingerprint density at radius 3 is 2.50 bits per heavy atom. The van der Waals surface area contributed by atoms with Gasteiger partial charge in [-0.1, -0.05) is 0 Å². The normalized spacial score (nSPS) is 10.1. The van der Waals surface area contributed by atoms with Crippen LogP contribution in [0.4, 0.5) is 5.69 Å². The Morgan fingerprint density at radius 1 is 1.14 bits per heavy atom. The van der Waals surface area contributed by atoms with Crippen LogP contribution in [0.15, 0.2) is 35.3 Å². The second-order valence-corrected chi connectivity index (χ2v) is 4.04. The summed E-state index contributed by atoms with van der Waals surface area (Å²) in [6, 6.07) is 4.07. The molecule has 72 valence electrons. The predicted molar refractivity (Wildman–Crippen MR) is 61.9 cm³/mol. The van der Waals surface area contributed by atoms with E-state index in [1.165, 1.54) is 16.8 Å². The number of aromatic nitrogens is 1. The minimum Gasteiger partial charge on any atom is -0.376 e. The van der Waals surface area contributed by atoms with E-state index >= 15 is 0 Å². The maximum atomic E-state index is 4.02. The highest BCUT2D eigenvalue weighted by atomic mass is 32.1. The van der Waals surface area contributed by atoms with Crippen molar-refractivity contribution in [1.82, 2.24) is 4.98 Å². The molecule has 2 nitrogen and oxygen atoms in total. The Labute approximate surface area is 87.8 Å². The van der Waals surface area contributed by atoms with E-state index in [4.69, 9.17) is 0 Å². The lowest BCUT2D eigenvalue weighted by Gasteiger charge is -2.12. The topological polar surface area (TPSA) is 16.1 Å². The summed E-state index contributed by atoms with van der Waals surface area (Å²) in [6.07, 6.45) is 3.65. The lowest BCUT2D eigenvalue weighted by Crippen LogP contribution is -2.08. The average Bonchev–Trinajstić information content (AvgIpc) is 2.67. The summed E-state index contributed by atoms with van der Waals surface area (Å²) in [5.41, 5.74) is 3.77. The van der Waals surface area contributed by atoms with Crippen LogP contribution in [0.5, 0.6) is 0 Å². The zero-order chi connectivity index (χ0) is 9.97. The number of hydrogen-bond donors (Lipinski definition) is 0. The largest absolute Gasteiger partial charge is 0.376 e. The molecule has 2 heterocycles. The number of thiophene rings is 1. The van der Waals surface area contributed by atoms with Gasteiger partial charge in [0.05, 0.1) is 5.69 Å². The van der Waals surface area contributed by atoms with Crippen molar-refractivity contribution in [3.63, 3.8) is 0 Å². The lowest BCUT2D eigenvalue weighted by atomic mass is 10.1. The van der Waals surface area contributed by atoms with Crippen molar-refractivity contribution in [3.8, 4) is 11.1 Å². The second-order valence-electron chi connectivity index (χ2n) is 3.30. The van der Waals surface area contributed by atoms with E-state index in [0.29, 0.717) is 0 Å². The summed E-state index contributed by atoms with van der Waals surface area (Å²) in [5, 5.41) is 4.33. The first-order valence-electron chi connectivity index (χ1n) is 4.43. The third-order valence-corrected chi connectivity index (χ3v) is 2.85. The molecule has 0 saturated heterocycles. The van der Waals surface area contributed by atoms with E-state index in [1.807, 2.05) is 24.5 Å². The van der Waals surface area contributed by atoms with Gasteiger partial charge in [-0.2, -0.15) is 0 Å². The predicted octanol–water partition coefficient (Wildman–Crippen LogP) is 2.88. The van der Waals surface area contributed by atoms with Crippen molar-refractivity contribution in [2.45, 2.75) is 0 Å². The van der Waals surface area contributed by atoms with Gasteiger partial charge in [0.2, 0.25) is 0 Å². The molecule has 0 radical (unpaired) electrons. The molecule has 0 amide bonds. The monoisotopic (exact) mass is 204 g/mol. The molecule has 2 aromatic rings. The molecule has 0 bridgehead atoms. The van der Waals surface area contributed by atoms with E-state index < -0.39 is 0 Å². The summed E-state index contributed by atoms with van der Waals surface area (Å²) in [4.78, 5) is 6.15. The van der Waals surface area contributed by atoms with Gasteiger partial charge >= 0.3 is 0 Å². The SMILES string of the molecule is CN(C)c1cscc1-c1ccncc1. The Kier molecular flexibility index (Phi) is 2.50. The van der Waals surface area contributed by atoms with Gasteiger partial charge in [-0.15, -0.1) is 11.3 Å². The molecule has 0 aliphatic rings. The Hall–Kier alpha value is -1.35. The van der Waals surface area contributed by atoms with Gasteiger partial charge in [0.1, 0.15) is 0 Å². The summed E-state index contributed by atoms with van der Waals surface area (Å²) < 4.78 is 0. The maximum absolute atomic E-state index is 4.02. The van der Waals surface area contributed by atoms with Crippen molar-refractivity contribution >= 4 is 17.0 Å². The second kappa shape index (κ2) is 3.80. The Balaban J connectivity index is 2.47. The molecule has 0 unspecified atom stereocenters. The van der Waals surface area contributed by atoms with Gasteiger partial charge in [0.15, 0.2) is 0 Å². The van der Waals surface area contributed by atoms with Crippen LogP contribution >= 0.6 is 11.3 Å². The number of hydrogen-bond acceptors (Lipinski definition) is 3. The fourth-order valence-corrected chi connectivity index (χ4v) is 2.31. The standard InChI is InChI=1S/C11H12N2S/c1-13(2)11-8-14-7-10(11)9-3-5-12-6-4-9/h3-8H,1-2H3. The van der Waals surface area contributed by atoms with Gasteiger partial charge < -0.3 is 4.90 Å². The van der Waals surface area contributed by atoms with Gasteiger partial charge in [0.25, 0.3) is 0 Å². The molecule has 2 aromatic heterocycles. The van der Waals surface area contributed by atoms with Crippen LogP contribution in [0.2, 0.25) is 0 Å². The first kappa shape index (κ1) is 9.21. The van der Waals surface area contributed by atoms with Gasteiger partial charge in [-0.3, -0.25) is 4.98 Å². The minimum absolute atomic E-state index is 1.23. The van der Waals surface area contributed by atoms with Crippen LogP contribution < -0.4 is 4.90 Å². The third kappa shape index (κ3) is 1.63. The van der Waals surface area contributed by atoms with E-state index in [1.54, 1.807) is 11.3 Å². The molecule has 0 atom stereocenters. The van der Waals surface area contributed by atoms with Gasteiger partial charge in [-0.25, -0.2) is 0 Å². The van der Waals surface area contributed by atoms with E-state index in [-0.39, 0.29) is 0 Å². The van der Waals surface area contributed by atoms with Crippen molar-refractivity contribution in [3.05, 3.63) is 35.3 Å². The summed E-state index contributed by atoms with van der Waals surface area (Å²) in [6.45, 7) is 0. The van der Waals surface area contributed by atoms with Gasteiger partial charge in [-0.05, 0) is 17.7 Å². The summed E-state index contributed by atoms with van der Waals surface area (Å²) >= 11 is 1.73. The lowest BCUT2D eigenvalue weighted by molar-refractivity contribution is 1.14. The molecule has 2 rings (SSSR count). The molecule has 0 aliphatic heterocycles. The highest BCUT2D eigenvalue weighted by Crippen LogP contribution is 2.32. The molecule has 0 saturated carbocycles. The highest BCUT2D eigenvalue weighted by molar-refractivity contribution is 7.08. The highest BCUT2D eigenvalue weighted by Gasteiger charge is 2.06. The molecule has 0 fully saturated rings. The van der Waals surface area contributed by atoms with Crippen LogP contribution in [0.25, 0.3) is 11.1 Å². The molecule has 0 N–H and O–H groups in total.